The third-order valence-electron chi connectivity index (χ3n) is 2.98. The van der Waals surface area contributed by atoms with Crippen LogP contribution in [0.4, 0.5) is 0 Å². The van der Waals surface area contributed by atoms with E-state index < -0.39 is 11.9 Å². The van der Waals surface area contributed by atoms with E-state index in [-0.39, 0.29) is 12.8 Å². The third kappa shape index (κ3) is 5.30. The molecular weight excluding hydrogens is 362 g/mol. The first kappa shape index (κ1) is 16.8. The number of carboxylic acids is 1. The fourth-order valence-electron chi connectivity index (χ4n) is 1.81. The molecule has 1 amide bonds. The number of carbonyl (C=O) groups is 2. The minimum Gasteiger partial charge on any atom is -0.550 e. The van der Waals surface area contributed by atoms with Gasteiger partial charge in [0.25, 0.3) is 5.91 Å². The van der Waals surface area contributed by atoms with Crippen LogP contribution in [0.5, 0.6) is 0 Å². The molecule has 0 aliphatic rings. The zero-order chi connectivity index (χ0) is 16.7. The summed E-state index contributed by atoms with van der Waals surface area (Å²) >= 11 is 3.33. The second kappa shape index (κ2) is 8.19. The summed E-state index contributed by atoms with van der Waals surface area (Å²) in [4.78, 5) is 26.5. The van der Waals surface area contributed by atoms with Crippen LogP contribution in [0, 0.1) is 0 Å². The molecule has 1 aromatic heterocycles. The van der Waals surface area contributed by atoms with Gasteiger partial charge in [0, 0.05) is 28.4 Å². The molecule has 1 heterocycles. The van der Waals surface area contributed by atoms with E-state index in [0.717, 1.165) is 10.0 Å². The van der Waals surface area contributed by atoms with Crippen LogP contribution in [0.25, 0.3) is 0 Å². The van der Waals surface area contributed by atoms with Crippen molar-refractivity contribution in [2.24, 2.45) is 5.10 Å². The van der Waals surface area contributed by atoms with Crippen molar-refractivity contribution in [3.05, 3.63) is 64.4 Å². The predicted molar refractivity (Wildman–Crippen MR) is 86.6 cm³/mol. The van der Waals surface area contributed by atoms with Gasteiger partial charge in [-0.1, -0.05) is 28.1 Å². The topological polar surface area (TPSA) is 94.5 Å². The number of hydrazone groups is 1. The quantitative estimate of drug-likeness (QED) is 0.612. The van der Waals surface area contributed by atoms with Crippen LogP contribution in [0.15, 0.2) is 58.4 Å². The number of hydrogen-bond donors (Lipinski definition) is 1. The van der Waals surface area contributed by atoms with E-state index in [0.29, 0.717) is 11.3 Å². The Balaban J connectivity index is 2.17. The van der Waals surface area contributed by atoms with Crippen molar-refractivity contribution >= 4 is 33.5 Å². The number of nitrogens with one attached hydrogen (secondary N) is 1. The molecule has 0 spiro atoms. The van der Waals surface area contributed by atoms with Crippen LogP contribution in [-0.2, 0) is 4.79 Å². The zero-order valence-electron chi connectivity index (χ0n) is 12.0. The second-order valence-electron chi connectivity index (χ2n) is 4.61. The van der Waals surface area contributed by atoms with Crippen molar-refractivity contribution in [2.45, 2.75) is 12.8 Å². The van der Waals surface area contributed by atoms with Crippen LogP contribution < -0.4 is 10.5 Å². The van der Waals surface area contributed by atoms with Gasteiger partial charge >= 0.3 is 0 Å². The summed E-state index contributed by atoms with van der Waals surface area (Å²) in [6, 6.07) is 10.3. The smallest absolute Gasteiger partial charge is 0.271 e. The van der Waals surface area contributed by atoms with Gasteiger partial charge in [0.1, 0.15) is 0 Å². The molecule has 0 bridgehead atoms. The number of rotatable bonds is 6. The molecule has 0 fully saturated rings. The van der Waals surface area contributed by atoms with Crippen molar-refractivity contribution in [1.82, 2.24) is 10.4 Å². The van der Waals surface area contributed by atoms with Gasteiger partial charge in [-0.3, -0.25) is 9.78 Å². The summed E-state index contributed by atoms with van der Waals surface area (Å²) in [5.74, 6) is -1.56. The molecule has 23 heavy (non-hydrogen) atoms. The van der Waals surface area contributed by atoms with Crippen molar-refractivity contribution in [1.29, 1.82) is 0 Å². The highest BCUT2D eigenvalue weighted by Gasteiger charge is 2.07. The fraction of sp³-hybridized carbons (Fsp3) is 0.125. The van der Waals surface area contributed by atoms with Gasteiger partial charge < -0.3 is 9.90 Å². The highest BCUT2D eigenvalue weighted by Crippen LogP contribution is 2.13. The Kier molecular flexibility index (Phi) is 5.99. The maximum Gasteiger partial charge on any atom is 0.271 e. The summed E-state index contributed by atoms with van der Waals surface area (Å²) in [5, 5.41) is 14.7. The van der Waals surface area contributed by atoms with Crippen molar-refractivity contribution in [3.8, 4) is 0 Å². The minimum absolute atomic E-state index is 0.153. The number of carboxylic acid groups (broad SMARTS) is 1. The number of amides is 1. The number of hydrogen-bond acceptors (Lipinski definition) is 5. The number of aromatic nitrogens is 1. The minimum atomic E-state index is -1.17. The van der Waals surface area contributed by atoms with Gasteiger partial charge in [-0.15, -0.1) is 0 Å². The van der Waals surface area contributed by atoms with Crippen molar-refractivity contribution in [3.63, 3.8) is 0 Å². The van der Waals surface area contributed by atoms with E-state index in [2.05, 4.69) is 31.4 Å². The summed E-state index contributed by atoms with van der Waals surface area (Å²) in [6.45, 7) is 0. The highest BCUT2D eigenvalue weighted by molar-refractivity contribution is 9.10. The Morgan fingerprint density at radius 3 is 2.30 bits per heavy atom. The van der Waals surface area contributed by atoms with Crippen LogP contribution in [0.3, 0.4) is 0 Å². The second-order valence-corrected chi connectivity index (χ2v) is 5.53. The Bertz CT molecular complexity index is 715. The lowest BCUT2D eigenvalue weighted by molar-refractivity contribution is -0.305. The standard InChI is InChI=1S/C16H14BrN3O3/c17-13-3-1-11(2-4-13)14(5-6-15(21)22)19-20-16(23)12-7-9-18-10-8-12/h1-4,7-10H,5-6H2,(H,20,23)(H,21,22)/p-1/b19-14-. The van der Waals surface area contributed by atoms with Gasteiger partial charge in [-0.2, -0.15) is 5.10 Å². The summed E-state index contributed by atoms with van der Waals surface area (Å²) in [7, 11) is 0. The van der Waals surface area contributed by atoms with E-state index in [1.807, 2.05) is 12.1 Å². The Labute approximate surface area is 141 Å². The van der Waals surface area contributed by atoms with E-state index >= 15 is 0 Å². The number of benzene rings is 1. The van der Waals surface area contributed by atoms with Gasteiger partial charge in [-0.05, 0) is 42.7 Å². The molecule has 0 saturated heterocycles. The van der Waals surface area contributed by atoms with E-state index in [9.17, 15) is 14.7 Å². The first-order chi connectivity index (χ1) is 11.1. The molecule has 0 aliphatic heterocycles. The van der Waals surface area contributed by atoms with Crippen LogP contribution in [0.1, 0.15) is 28.8 Å². The predicted octanol–water partition coefficient (Wildman–Crippen LogP) is 1.51. The Morgan fingerprint density at radius 1 is 1.04 bits per heavy atom. The molecule has 1 N–H and O–H groups in total. The maximum absolute atomic E-state index is 12.0. The number of halogens is 1. The lowest BCUT2D eigenvalue weighted by atomic mass is 10.1. The van der Waals surface area contributed by atoms with E-state index in [4.69, 9.17) is 0 Å². The van der Waals surface area contributed by atoms with Gasteiger partial charge in [0.15, 0.2) is 0 Å². The van der Waals surface area contributed by atoms with Crippen LogP contribution in [-0.4, -0.2) is 22.6 Å². The molecule has 1 aromatic carbocycles. The number of nitrogens with zero attached hydrogens (tertiary/aromatic N) is 2. The SMILES string of the molecule is O=C([O-])CC/C(=N/NC(=O)c1ccncc1)c1ccc(Br)cc1. The lowest BCUT2D eigenvalue weighted by Crippen LogP contribution is -2.24. The highest BCUT2D eigenvalue weighted by atomic mass is 79.9. The summed E-state index contributed by atoms with van der Waals surface area (Å²) in [6.07, 6.45) is 2.98. The number of pyridine rings is 1. The molecule has 0 radical (unpaired) electrons. The fourth-order valence-corrected chi connectivity index (χ4v) is 2.08. The van der Waals surface area contributed by atoms with Gasteiger partial charge in [0.2, 0.25) is 0 Å². The monoisotopic (exact) mass is 374 g/mol. The van der Waals surface area contributed by atoms with Crippen LogP contribution in [0.2, 0.25) is 0 Å². The van der Waals surface area contributed by atoms with Crippen LogP contribution >= 0.6 is 15.9 Å². The molecule has 0 aliphatic carbocycles. The molecule has 6 nitrogen and oxygen atoms in total. The normalized spacial score (nSPS) is 11.1. The van der Waals surface area contributed by atoms with E-state index in [1.165, 1.54) is 12.4 Å². The van der Waals surface area contributed by atoms with Gasteiger partial charge in [0.05, 0.1) is 5.71 Å². The van der Waals surface area contributed by atoms with Gasteiger partial charge in [-0.25, -0.2) is 5.43 Å². The third-order valence-corrected chi connectivity index (χ3v) is 3.51. The summed E-state index contributed by atoms with van der Waals surface area (Å²) < 4.78 is 0.890. The first-order valence-corrected chi connectivity index (χ1v) is 7.58. The van der Waals surface area contributed by atoms with Crippen molar-refractivity contribution < 1.29 is 14.7 Å². The lowest BCUT2D eigenvalue weighted by Gasteiger charge is -2.08. The van der Waals surface area contributed by atoms with E-state index in [1.54, 1.807) is 24.3 Å². The van der Waals surface area contributed by atoms with Crippen molar-refractivity contribution in [2.75, 3.05) is 0 Å². The number of aliphatic carboxylic acids is 1. The summed E-state index contributed by atoms with van der Waals surface area (Å²) in [5.41, 5.74) is 4.04. The molecule has 0 saturated carbocycles. The average molecular weight is 375 g/mol. The average Bonchev–Trinajstić information content (AvgIpc) is 2.56. The maximum atomic E-state index is 12.0. The first-order valence-electron chi connectivity index (χ1n) is 6.79. The zero-order valence-corrected chi connectivity index (χ0v) is 13.6. The Hall–Kier alpha value is -2.54. The molecule has 2 rings (SSSR count). The molecule has 7 heteroatoms. The molecule has 2 aromatic rings. The molecular formula is C16H13BrN3O3-. The molecule has 0 atom stereocenters. The Morgan fingerprint density at radius 2 is 1.70 bits per heavy atom. The largest absolute Gasteiger partial charge is 0.550 e. The molecule has 118 valence electrons. The number of carbonyl (C=O) groups excluding carboxylic acids is 2. The molecule has 0 unspecified atom stereocenters.